The fourth-order valence-electron chi connectivity index (χ4n) is 1.91. The van der Waals surface area contributed by atoms with E-state index in [2.05, 4.69) is 22.2 Å². The van der Waals surface area contributed by atoms with Gasteiger partial charge in [-0.15, -0.1) is 0 Å². The van der Waals surface area contributed by atoms with Crippen molar-refractivity contribution in [2.24, 2.45) is 0 Å². The molecular formula is C14H24BN3O2. The van der Waals surface area contributed by atoms with Crippen LogP contribution in [0.2, 0.25) is 0 Å². The summed E-state index contributed by atoms with van der Waals surface area (Å²) in [6, 6.07) is 0. The van der Waals surface area contributed by atoms with E-state index in [1.165, 1.54) is 0 Å². The molecule has 0 unspecified atom stereocenters. The van der Waals surface area contributed by atoms with Crippen molar-refractivity contribution in [3.05, 3.63) is 12.4 Å². The van der Waals surface area contributed by atoms with Gasteiger partial charge in [-0.25, -0.2) is 9.97 Å². The van der Waals surface area contributed by atoms with Gasteiger partial charge in [0.05, 0.1) is 11.2 Å². The Balaban J connectivity index is 2.01. The van der Waals surface area contributed by atoms with Crippen LogP contribution in [0.5, 0.6) is 0 Å². The number of hydrogen-bond donors (Lipinski definition) is 1. The second kappa shape index (κ2) is 5.70. The Morgan fingerprint density at radius 3 is 2.15 bits per heavy atom. The summed E-state index contributed by atoms with van der Waals surface area (Å²) in [5.74, 6) is 0.652. The Kier molecular flexibility index (Phi) is 4.35. The summed E-state index contributed by atoms with van der Waals surface area (Å²) >= 11 is 0. The molecule has 1 aliphatic rings. The van der Waals surface area contributed by atoms with Gasteiger partial charge in [0.25, 0.3) is 0 Å². The Labute approximate surface area is 121 Å². The van der Waals surface area contributed by atoms with Crippen LogP contribution < -0.4 is 10.8 Å². The standard InChI is InChI=1S/C14H24BN3O2/c1-6-7-8-16-12-17-9-11(10-18-12)15-19-13(2,3)14(4,5)20-15/h9-10H,6-8H2,1-5H3,(H,16,17,18). The van der Waals surface area contributed by atoms with Gasteiger partial charge in [-0.1, -0.05) is 13.3 Å². The van der Waals surface area contributed by atoms with Gasteiger partial charge in [-0.2, -0.15) is 0 Å². The van der Waals surface area contributed by atoms with Crippen LogP contribution in [-0.4, -0.2) is 34.8 Å². The molecule has 20 heavy (non-hydrogen) atoms. The van der Waals surface area contributed by atoms with E-state index in [-0.39, 0.29) is 11.2 Å². The molecular weight excluding hydrogens is 253 g/mol. The van der Waals surface area contributed by atoms with E-state index in [0.717, 1.165) is 24.8 Å². The average Bonchev–Trinajstić information content (AvgIpc) is 2.60. The lowest BCUT2D eigenvalue weighted by molar-refractivity contribution is 0.00578. The maximum atomic E-state index is 5.97. The van der Waals surface area contributed by atoms with Crippen molar-refractivity contribution in [1.29, 1.82) is 0 Å². The van der Waals surface area contributed by atoms with Gasteiger partial charge in [0, 0.05) is 24.4 Å². The maximum Gasteiger partial charge on any atom is 0.498 e. The minimum Gasteiger partial charge on any atom is -0.399 e. The molecule has 2 heterocycles. The van der Waals surface area contributed by atoms with Crippen LogP contribution in [0, 0.1) is 0 Å². The predicted octanol–water partition coefficient (Wildman–Crippen LogP) is 1.99. The van der Waals surface area contributed by atoms with Gasteiger partial charge in [0.2, 0.25) is 5.95 Å². The summed E-state index contributed by atoms with van der Waals surface area (Å²) in [6.45, 7) is 11.2. The Morgan fingerprint density at radius 1 is 1.10 bits per heavy atom. The van der Waals surface area contributed by atoms with Gasteiger partial charge in [0.15, 0.2) is 0 Å². The smallest absolute Gasteiger partial charge is 0.399 e. The van der Waals surface area contributed by atoms with E-state index in [0.29, 0.717) is 5.95 Å². The molecule has 0 saturated carbocycles. The van der Waals surface area contributed by atoms with E-state index in [4.69, 9.17) is 9.31 Å². The van der Waals surface area contributed by atoms with Crippen molar-refractivity contribution in [3.63, 3.8) is 0 Å². The third-order valence-corrected chi connectivity index (χ3v) is 4.01. The van der Waals surface area contributed by atoms with Crippen LogP contribution in [0.15, 0.2) is 12.4 Å². The van der Waals surface area contributed by atoms with Crippen LogP contribution in [0.1, 0.15) is 47.5 Å². The van der Waals surface area contributed by atoms with E-state index in [9.17, 15) is 0 Å². The summed E-state index contributed by atoms with van der Waals surface area (Å²) in [5.41, 5.74) is 0.176. The number of nitrogens with zero attached hydrogens (tertiary/aromatic N) is 2. The molecule has 6 heteroatoms. The molecule has 1 N–H and O–H groups in total. The predicted molar refractivity (Wildman–Crippen MR) is 81.1 cm³/mol. The van der Waals surface area contributed by atoms with Gasteiger partial charge in [-0.3, -0.25) is 0 Å². The average molecular weight is 277 g/mol. The molecule has 0 atom stereocenters. The van der Waals surface area contributed by atoms with Crippen molar-refractivity contribution < 1.29 is 9.31 Å². The molecule has 0 amide bonds. The van der Waals surface area contributed by atoms with Gasteiger partial charge < -0.3 is 14.6 Å². The molecule has 0 radical (unpaired) electrons. The van der Waals surface area contributed by atoms with Gasteiger partial charge in [0.1, 0.15) is 0 Å². The lowest BCUT2D eigenvalue weighted by atomic mass is 9.81. The second-order valence-corrected chi connectivity index (χ2v) is 6.21. The summed E-state index contributed by atoms with van der Waals surface area (Å²) in [6.07, 6.45) is 5.80. The molecule has 0 aliphatic carbocycles. The van der Waals surface area contributed by atoms with Crippen molar-refractivity contribution in [3.8, 4) is 0 Å². The lowest BCUT2D eigenvalue weighted by Gasteiger charge is -2.32. The summed E-state index contributed by atoms with van der Waals surface area (Å²) in [4.78, 5) is 8.62. The van der Waals surface area contributed by atoms with Crippen LogP contribution in [0.4, 0.5) is 5.95 Å². The molecule has 0 aromatic carbocycles. The van der Waals surface area contributed by atoms with E-state index >= 15 is 0 Å². The first-order valence-corrected chi connectivity index (χ1v) is 7.27. The highest BCUT2D eigenvalue weighted by atomic mass is 16.7. The Morgan fingerprint density at radius 2 is 1.65 bits per heavy atom. The third-order valence-electron chi connectivity index (χ3n) is 4.01. The largest absolute Gasteiger partial charge is 0.498 e. The SMILES string of the molecule is CCCCNc1ncc(B2OC(C)(C)C(C)(C)O2)cn1. The first-order chi connectivity index (χ1) is 9.36. The molecule has 1 aromatic rings. The highest BCUT2D eigenvalue weighted by Crippen LogP contribution is 2.36. The van der Waals surface area contributed by atoms with Crippen molar-refractivity contribution >= 4 is 18.5 Å². The number of anilines is 1. The molecule has 5 nitrogen and oxygen atoms in total. The highest BCUT2D eigenvalue weighted by Gasteiger charge is 2.51. The summed E-state index contributed by atoms with van der Waals surface area (Å²) in [7, 11) is -0.398. The highest BCUT2D eigenvalue weighted by molar-refractivity contribution is 6.61. The molecule has 1 aromatic heterocycles. The fourth-order valence-corrected chi connectivity index (χ4v) is 1.91. The molecule has 2 rings (SSSR count). The second-order valence-electron chi connectivity index (χ2n) is 6.21. The van der Waals surface area contributed by atoms with E-state index in [1.807, 2.05) is 27.7 Å². The van der Waals surface area contributed by atoms with Crippen LogP contribution in [0.25, 0.3) is 0 Å². The van der Waals surface area contributed by atoms with Crippen molar-refractivity contribution in [1.82, 2.24) is 9.97 Å². The first-order valence-electron chi connectivity index (χ1n) is 7.27. The zero-order chi connectivity index (χ0) is 14.8. The number of hydrogen-bond acceptors (Lipinski definition) is 5. The Hall–Kier alpha value is -1.14. The first kappa shape index (κ1) is 15.3. The molecule has 1 saturated heterocycles. The van der Waals surface area contributed by atoms with Crippen LogP contribution in [0.3, 0.4) is 0 Å². The third kappa shape index (κ3) is 3.12. The van der Waals surface area contributed by atoms with Crippen molar-refractivity contribution in [2.75, 3.05) is 11.9 Å². The molecule has 110 valence electrons. The normalized spacial score (nSPS) is 20.1. The Bertz CT molecular complexity index is 432. The van der Waals surface area contributed by atoms with E-state index < -0.39 is 7.12 Å². The maximum absolute atomic E-state index is 5.97. The lowest BCUT2D eigenvalue weighted by Crippen LogP contribution is -2.41. The number of rotatable bonds is 5. The quantitative estimate of drug-likeness (QED) is 0.659. The zero-order valence-electron chi connectivity index (χ0n) is 13.1. The van der Waals surface area contributed by atoms with E-state index in [1.54, 1.807) is 12.4 Å². The van der Waals surface area contributed by atoms with Gasteiger partial charge >= 0.3 is 7.12 Å². The minimum absolute atomic E-state index is 0.338. The molecule has 1 fully saturated rings. The monoisotopic (exact) mass is 277 g/mol. The molecule has 0 spiro atoms. The minimum atomic E-state index is -0.398. The summed E-state index contributed by atoms with van der Waals surface area (Å²) in [5, 5.41) is 3.19. The number of nitrogens with one attached hydrogen (secondary N) is 1. The number of aromatic nitrogens is 2. The van der Waals surface area contributed by atoms with Crippen molar-refractivity contribution in [2.45, 2.75) is 58.7 Å². The molecule has 1 aliphatic heterocycles. The zero-order valence-corrected chi connectivity index (χ0v) is 13.1. The van der Waals surface area contributed by atoms with Crippen LogP contribution in [-0.2, 0) is 9.31 Å². The number of unbranched alkanes of at least 4 members (excludes halogenated alkanes) is 1. The summed E-state index contributed by atoms with van der Waals surface area (Å²) < 4.78 is 11.9. The topological polar surface area (TPSA) is 56.3 Å². The fraction of sp³-hybridized carbons (Fsp3) is 0.714. The molecule has 0 bridgehead atoms. The van der Waals surface area contributed by atoms with Crippen LogP contribution >= 0.6 is 0 Å². The van der Waals surface area contributed by atoms with Gasteiger partial charge in [-0.05, 0) is 34.1 Å².